The summed E-state index contributed by atoms with van der Waals surface area (Å²) >= 11 is 0.963. The first-order valence-electron chi connectivity index (χ1n) is 6.44. The number of nitrogens with zero attached hydrogens (tertiary/aromatic N) is 1. The first-order chi connectivity index (χ1) is 9.15. The molecule has 1 saturated carbocycles. The van der Waals surface area contributed by atoms with Gasteiger partial charge in [-0.05, 0) is 25.7 Å². The van der Waals surface area contributed by atoms with E-state index in [-0.39, 0.29) is 22.4 Å². The SMILES string of the molecule is O=C(NC1CC1)C1CCCN1C(=O)c1csc(=O)[nH]1. The smallest absolute Gasteiger partial charge is 0.305 e. The summed E-state index contributed by atoms with van der Waals surface area (Å²) in [6.07, 6.45) is 3.58. The Hall–Kier alpha value is -1.63. The number of rotatable bonds is 3. The van der Waals surface area contributed by atoms with Gasteiger partial charge in [0.25, 0.3) is 5.91 Å². The Balaban J connectivity index is 1.73. The van der Waals surface area contributed by atoms with Gasteiger partial charge in [0.1, 0.15) is 11.7 Å². The van der Waals surface area contributed by atoms with Crippen LogP contribution in [-0.4, -0.2) is 40.3 Å². The second-order valence-electron chi connectivity index (χ2n) is 5.00. The number of carbonyl (C=O) groups is 2. The molecule has 1 aliphatic carbocycles. The zero-order valence-corrected chi connectivity index (χ0v) is 11.2. The van der Waals surface area contributed by atoms with Crippen molar-refractivity contribution >= 4 is 23.2 Å². The van der Waals surface area contributed by atoms with Crippen molar-refractivity contribution in [3.63, 3.8) is 0 Å². The highest BCUT2D eigenvalue weighted by atomic mass is 32.1. The molecule has 1 aromatic heterocycles. The molecule has 2 N–H and O–H groups in total. The molecule has 0 bridgehead atoms. The summed E-state index contributed by atoms with van der Waals surface area (Å²) in [5.74, 6) is -0.322. The van der Waals surface area contributed by atoms with Crippen molar-refractivity contribution in [3.8, 4) is 0 Å². The van der Waals surface area contributed by atoms with Crippen LogP contribution in [0.25, 0.3) is 0 Å². The van der Waals surface area contributed by atoms with Crippen molar-refractivity contribution < 1.29 is 9.59 Å². The lowest BCUT2D eigenvalue weighted by Crippen LogP contribution is -2.46. The molecule has 0 radical (unpaired) electrons. The summed E-state index contributed by atoms with van der Waals surface area (Å²) in [5.41, 5.74) is 0.279. The topological polar surface area (TPSA) is 82.3 Å². The van der Waals surface area contributed by atoms with Crippen molar-refractivity contribution in [2.24, 2.45) is 0 Å². The van der Waals surface area contributed by atoms with Gasteiger partial charge in [-0.25, -0.2) is 0 Å². The number of amides is 2. The quantitative estimate of drug-likeness (QED) is 0.837. The van der Waals surface area contributed by atoms with Gasteiger partial charge in [0.2, 0.25) is 5.91 Å². The van der Waals surface area contributed by atoms with E-state index in [4.69, 9.17) is 0 Å². The van der Waals surface area contributed by atoms with Crippen LogP contribution in [0.15, 0.2) is 10.2 Å². The van der Waals surface area contributed by atoms with Gasteiger partial charge in [-0.3, -0.25) is 14.4 Å². The Morgan fingerprint density at radius 2 is 2.16 bits per heavy atom. The fourth-order valence-corrected chi connectivity index (χ4v) is 2.90. The van der Waals surface area contributed by atoms with Crippen LogP contribution in [0.5, 0.6) is 0 Å². The van der Waals surface area contributed by atoms with Crippen molar-refractivity contribution in [2.75, 3.05) is 6.54 Å². The molecule has 0 aromatic carbocycles. The van der Waals surface area contributed by atoms with E-state index in [0.29, 0.717) is 19.0 Å². The van der Waals surface area contributed by atoms with Crippen LogP contribution in [0.1, 0.15) is 36.2 Å². The minimum Gasteiger partial charge on any atom is -0.352 e. The van der Waals surface area contributed by atoms with Crippen LogP contribution in [0.4, 0.5) is 0 Å². The van der Waals surface area contributed by atoms with Gasteiger partial charge < -0.3 is 15.2 Å². The second-order valence-corrected chi connectivity index (χ2v) is 5.84. The third-order valence-corrected chi connectivity index (χ3v) is 4.16. The molecular weight excluding hydrogens is 266 g/mol. The van der Waals surface area contributed by atoms with E-state index < -0.39 is 6.04 Å². The molecule has 2 heterocycles. The van der Waals surface area contributed by atoms with E-state index in [1.54, 1.807) is 4.90 Å². The zero-order valence-electron chi connectivity index (χ0n) is 10.3. The highest BCUT2D eigenvalue weighted by Crippen LogP contribution is 2.23. The lowest BCUT2D eigenvalue weighted by Gasteiger charge is -2.23. The zero-order chi connectivity index (χ0) is 13.4. The van der Waals surface area contributed by atoms with Crippen LogP contribution in [0.2, 0.25) is 0 Å². The standard InChI is InChI=1S/C12H15N3O3S/c16-10(13-7-3-4-7)9-2-1-5-15(9)11(17)8-6-19-12(18)14-8/h6-7,9H,1-5H2,(H,13,16)(H,14,18). The highest BCUT2D eigenvalue weighted by Gasteiger charge is 2.37. The number of aromatic amines is 1. The molecule has 19 heavy (non-hydrogen) atoms. The van der Waals surface area contributed by atoms with E-state index in [9.17, 15) is 14.4 Å². The number of hydrogen-bond acceptors (Lipinski definition) is 4. The maximum atomic E-state index is 12.3. The molecule has 102 valence electrons. The number of nitrogens with one attached hydrogen (secondary N) is 2. The van der Waals surface area contributed by atoms with Gasteiger partial charge >= 0.3 is 4.87 Å². The number of H-pyrrole nitrogens is 1. The maximum absolute atomic E-state index is 12.3. The Morgan fingerprint density at radius 3 is 2.79 bits per heavy atom. The van der Waals surface area contributed by atoms with Crippen molar-refractivity contribution in [1.29, 1.82) is 0 Å². The number of aromatic nitrogens is 1. The molecule has 0 spiro atoms. The predicted octanol–water partition coefficient (Wildman–Crippen LogP) is 0.320. The van der Waals surface area contributed by atoms with Gasteiger partial charge in [-0.1, -0.05) is 11.3 Å². The fourth-order valence-electron chi connectivity index (χ4n) is 2.35. The predicted molar refractivity (Wildman–Crippen MR) is 70.2 cm³/mol. The monoisotopic (exact) mass is 281 g/mol. The molecule has 1 unspecified atom stereocenters. The minimum atomic E-state index is -0.392. The summed E-state index contributed by atoms with van der Waals surface area (Å²) in [5, 5.41) is 4.45. The highest BCUT2D eigenvalue weighted by molar-refractivity contribution is 7.07. The molecule has 2 aliphatic rings. The average Bonchev–Trinajstić information content (AvgIpc) is 2.92. The Bertz CT molecular complexity index is 561. The molecular formula is C12H15N3O3S. The first-order valence-corrected chi connectivity index (χ1v) is 7.32. The van der Waals surface area contributed by atoms with Crippen molar-refractivity contribution in [3.05, 3.63) is 20.7 Å². The van der Waals surface area contributed by atoms with Crippen LogP contribution in [0, 0.1) is 0 Å². The van der Waals surface area contributed by atoms with Crippen LogP contribution < -0.4 is 10.2 Å². The molecule has 7 heteroatoms. The normalized spacial score (nSPS) is 22.5. The van der Waals surface area contributed by atoms with Crippen LogP contribution in [0.3, 0.4) is 0 Å². The lowest BCUT2D eigenvalue weighted by atomic mass is 10.2. The molecule has 6 nitrogen and oxygen atoms in total. The van der Waals surface area contributed by atoms with Gasteiger partial charge in [0, 0.05) is 18.0 Å². The molecule has 1 atom stereocenters. The molecule has 1 aliphatic heterocycles. The van der Waals surface area contributed by atoms with E-state index in [1.165, 1.54) is 5.38 Å². The number of thiazole rings is 1. The number of carbonyl (C=O) groups excluding carboxylic acids is 2. The molecule has 2 amide bonds. The van der Waals surface area contributed by atoms with E-state index in [0.717, 1.165) is 30.6 Å². The molecule has 2 fully saturated rings. The van der Waals surface area contributed by atoms with Crippen molar-refractivity contribution in [1.82, 2.24) is 15.2 Å². The summed E-state index contributed by atoms with van der Waals surface area (Å²) in [7, 11) is 0. The van der Waals surface area contributed by atoms with Crippen LogP contribution in [-0.2, 0) is 4.79 Å². The summed E-state index contributed by atoms with van der Waals surface area (Å²) in [6, 6.07) is -0.0949. The second kappa shape index (κ2) is 4.80. The largest absolute Gasteiger partial charge is 0.352 e. The van der Waals surface area contributed by atoms with Gasteiger partial charge in [-0.15, -0.1) is 0 Å². The molecule has 3 rings (SSSR count). The summed E-state index contributed by atoms with van der Waals surface area (Å²) in [6.45, 7) is 0.569. The Morgan fingerprint density at radius 1 is 1.37 bits per heavy atom. The van der Waals surface area contributed by atoms with Gasteiger partial charge in [0.15, 0.2) is 0 Å². The third kappa shape index (κ3) is 2.56. The van der Waals surface area contributed by atoms with Crippen molar-refractivity contribution in [2.45, 2.75) is 37.8 Å². The Kier molecular flexibility index (Phi) is 3.14. The van der Waals surface area contributed by atoms with E-state index in [2.05, 4.69) is 10.3 Å². The molecule has 1 saturated heterocycles. The summed E-state index contributed by atoms with van der Waals surface area (Å²) in [4.78, 5) is 39.2. The average molecular weight is 281 g/mol. The first kappa shape index (κ1) is 12.4. The van der Waals surface area contributed by atoms with Crippen LogP contribution >= 0.6 is 11.3 Å². The third-order valence-electron chi connectivity index (χ3n) is 3.49. The fraction of sp³-hybridized carbons (Fsp3) is 0.583. The van der Waals surface area contributed by atoms with E-state index in [1.807, 2.05) is 0 Å². The maximum Gasteiger partial charge on any atom is 0.305 e. The minimum absolute atomic E-state index is 0.0640. The Labute approximate surface area is 113 Å². The van der Waals surface area contributed by atoms with Gasteiger partial charge in [0.05, 0.1) is 0 Å². The number of hydrogen-bond donors (Lipinski definition) is 2. The number of likely N-dealkylation sites (tertiary alicyclic amines) is 1. The summed E-state index contributed by atoms with van der Waals surface area (Å²) < 4.78 is 0. The van der Waals surface area contributed by atoms with Gasteiger partial charge in [-0.2, -0.15) is 0 Å². The molecule has 1 aromatic rings. The van der Waals surface area contributed by atoms with E-state index >= 15 is 0 Å². The lowest BCUT2D eigenvalue weighted by molar-refractivity contribution is -0.125.